The summed E-state index contributed by atoms with van der Waals surface area (Å²) < 4.78 is 10.1. The summed E-state index contributed by atoms with van der Waals surface area (Å²) in [6, 6.07) is 10.5. The monoisotopic (exact) mass is 194 g/mol. The molecule has 0 aliphatic carbocycles. The van der Waals surface area contributed by atoms with Gasteiger partial charge < -0.3 is 9.47 Å². The molecule has 0 aliphatic rings. The average Bonchev–Trinajstić information content (AvgIpc) is 2.20. The summed E-state index contributed by atoms with van der Waals surface area (Å²) in [5.74, 6) is 0.535. The molecule has 0 heterocycles. The molecule has 1 atom stereocenters. The molecule has 1 aromatic rings. The van der Waals surface area contributed by atoms with E-state index >= 15 is 0 Å². The number of ether oxygens (including phenoxy) is 2. The van der Waals surface area contributed by atoms with Gasteiger partial charge in [0.15, 0.2) is 0 Å². The lowest BCUT2D eigenvalue weighted by atomic mass is 10.0. The van der Waals surface area contributed by atoms with E-state index in [1.54, 1.807) is 7.11 Å². The van der Waals surface area contributed by atoms with Crippen molar-refractivity contribution in [2.24, 2.45) is 5.92 Å². The third-order valence-electron chi connectivity index (χ3n) is 2.03. The number of rotatable bonds is 6. The molecule has 78 valence electrons. The van der Waals surface area contributed by atoms with Crippen molar-refractivity contribution in [3.05, 3.63) is 35.9 Å². The number of hydrogen-bond acceptors (Lipinski definition) is 2. The van der Waals surface area contributed by atoms with E-state index in [-0.39, 0.29) is 0 Å². The first-order valence-electron chi connectivity index (χ1n) is 4.93. The first kappa shape index (κ1) is 11.2. The molecule has 1 aromatic carbocycles. The van der Waals surface area contributed by atoms with Gasteiger partial charge in [0.05, 0.1) is 6.61 Å². The maximum absolute atomic E-state index is 5.29. The fraction of sp³-hybridized carbons (Fsp3) is 0.500. The highest BCUT2D eigenvalue weighted by molar-refractivity contribution is 5.14. The fourth-order valence-corrected chi connectivity index (χ4v) is 1.41. The zero-order valence-electron chi connectivity index (χ0n) is 8.90. The van der Waals surface area contributed by atoms with Crippen LogP contribution in [0, 0.1) is 5.92 Å². The Morgan fingerprint density at radius 2 is 1.93 bits per heavy atom. The maximum atomic E-state index is 5.29. The molecule has 0 aromatic heterocycles. The van der Waals surface area contributed by atoms with Crippen molar-refractivity contribution in [1.29, 1.82) is 0 Å². The third-order valence-corrected chi connectivity index (χ3v) is 2.03. The first-order valence-corrected chi connectivity index (χ1v) is 4.93. The van der Waals surface area contributed by atoms with Gasteiger partial charge in [0, 0.05) is 7.11 Å². The molecule has 0 saturated carbocycles. The lowest BCUT2D eigenvalue weighted by Gasteiger charge is -2.11. The number of benzene rings is 1. The van der Waals surface area contributed by atoms with Crippen LogP contribution in [0.25, 0.3) is 0 Å². The Hall–Kier alpha value is -0.860. The highest BCUT2D eigenvalue weighted by Crippen LogP contribution is 2.08. The summed E-state index contributed by atoms with van der Waals surface area (Å²) >= 11 is 0. The Bertz CT molecular complexity index is 233. The molecule has 0 N–H and O–H groups in total. The molecule has 0 aliphatic heterocycles. The van der Waals surface area contributed by atoms with E-state index in [1.807, 2.05) is 6.07 Å². The predicted octanol–water partition coefficient (Wildman–Crippen LogP) is 2.49. The van der Waals surface area contributed by atoms with Crippen LogP contribution in [0.1, 0.15) is 12.5 Å². The molecular weight excluding hydrogens is 176 g/mol. The number of hydrogen-bond donors (Lipinski definition) is 0. The van der Waals surface area contributed by atoms with Crippen molar-refractivity contribution < 1.29 is 9.47 Å². The van der Waals surface area contributed by atoms with E-state index in [1.165, 1.54) is 5.56 Å². The van der Waals surface area contributed by atoms with Crippen molar-refractivity contribution in [3.63, 3.8) is 0 Å². The Morgan fingerprint density at radius 1 is 1.21 bits per heavy atom. The SMILES string of the molecule is COCOC[C@H](C)Cc1ccccc1. The van der Waals surface area contributed by atoms with Crippen LogP contribution in [0.5, 0.6) is 0 Å². The quantitative estimate of drug-likeness (QED) is 0.511. The van der Waals surface area contributed by atoms with Gasteiger partial charge in [-0.3, -0.25) is 0 Å². The second-order valence-corrected chi connectivity index (χ2v) is 3.57. The van der Waals surface area contributed by atoms with E-state index in [2.05, 4.69) is 31.2 Å². The lowest BCUT2D eigenvalue weighted by molar-refractivity contribution is -0.0414. The summed E-state index contributed by atoms with van der Waals surface area (Å²) in [7, 11) is 1.64. The van der Waals surface area contributed by atoms with Crippen molar-refractivity contribution in [1.82, 2.24) is 0 Å². The minimum Gasteiger partial charge on any atom is -0.359 e. The van der Waals surface area contributed by atoms with Crippen LogP contribution in [0.2, 0.25) is 0 Å². The van der Waals surface area contributed by atoms with Gasteiger partial charge in [-0.2, -0.15) is 0 Å². The van der Waals surface area contributed by atoms with E-state index in [9.17, 15) is 0 Å². The second kappa shape index (κ2) is 6.57. The molecule has 0 radical (unpaired) electrons. The molecule has 0 spiro atoms. The van der Waals surface area contributed by atoms with Gasteiger partial charge in [-0.15, -0.1) is 0 Å². The molecular formula is C12H18O2. The lowest BCUT2D eigenvalue weighted by Crippen LogP contribution is -2.10. The van der Waals surface area contributed by atoms with Crippen molar-refractivity contribution in [2.45, 2.75) is 13.3 Å². The van der Waals surface area contributed by atoms with Gasteiger partial charge in [-0.05, 0) is 17.9 Å². The van der Waals surface area contributed by atoms with Crippen LogP contribution in [0.15, 0.2) is 30.3 Å². The van der Waals surface area contributed by atoms with Gasteiger partial charge in [0.1, 0.15) is 6.79 Å². The van der Waals surface area contributed by atoms with Crippen LogP contribution in [0.4, 0.5) is 0 Å². The first-order chi connectivity index (χ1) is 6.83. The molecule has 0 bridgehead atoms. The van der Waals surface area contributed by atoms with Crippen molar-refractivity contribution in [2.75, 3.05) is 20.5 Å². The van der Waals surface area contributed by atoms with Crippen LogP contribution in [-0.4, -0.2) is 20.5 Å². The van der Waals surface area contributed by atoms with Gasteiger partial charge in [-0.25, -0.2) is 0 Å². The van der Waals surface area contributed by atoms with E-state index in [0.717, 1.165) is 13.0 Å². The maximum Gasteiger partial charge on any atom is 0.146 e. The van der Waals surface area contributed by atoms with Crippen molar-refractivity contribution >= 4 is 0 Å². The second-order valence-electron chi connectivity index (χ2n) is 3.57. The minimum absolute atomic E-state index is 0.388. The summed E-state index contributed by atoms with van der Waals surface area (Å²) in [4.78, 5) is 0. The Labute approximate surface area is 85.8 Å². The van der Waals surface area contributed by atoms with Crippen LogP contribution < -0.4 is 0 Å². The van der Waals surface area contributed by atoms with Crippen LogP contribution >= 0.6 is 0 Å². The highest BCUT2D eigenvalue weighted by Gasteiger charge is 2.02. The Balaban J connectivity index is 2.23. The Morgan fingerprint density at radius 3 is 2.57 bits per heavy atom. The minimum atomic E-state index is 0.388. The summed E-state index contributed by atoms with van der Waals surface area (Å²) in [6.07, 6.45) is 1.06. The largest absolute Gasteiger partial charge is 0.359 e. The van der Waals surface area contributed by atoms with Crippen molar-refractivity contribution in [3.8, 4) is 0 Å². The summed E-state index contributed by atoms with van der Waals surface area (Å²) in [5.41, 5.74) is 1.36. The topological polar surface area (TPSA) is 18.5 Å². The predicted molar refractivity (Wildman–Crippen MR) is 57.1 cm³/mol. The zero-order chi connectivity index (χ0) is 10.2. The molecule has 0 saturated heterocycles. The number of methoxy groups -OCH3 is 1. The smallest absolute Gasteiger partial charge is 0.146 e. The third kappa shape index (κ3) is 4.40. The summed E-state index contributed by atoms with van der Waals surface area (Å²) in [5, 5.41) is 0. The van der Waals surface area contributed by atoms with E-state index < -0.39 is 0 Å². The van der Waals surface area contributed by atoms with Gasteiger partial charge in [-0.1, -0.05) is 37.3 Å². The zero-order valence-corrected chi connectivity index (χ0v) is 8.90. The van der Waals surface area contributed by atoms with E-state index in [0.29, 0.717) is 12.7 Å². The molecule has 1 rings (SSSR count). The molecule has 0 amide bonds. The Kier molecular flexibility index (Phi) is 5.27. The molecule has 2 heteroatoms. The standard InChI is InChI=1S/C12H18O2/c1-11(9-14-10-13-2)8-12-6-4-3-5-7-12/h3-7,11H,8-10H2,1-2H3/t11-/m1/s1. The van der Waals surface area contributed by atoms with E-state index in [4.69, 9.17) is 9.47 Å². The van der Waals surface area contributed by atoms with Gasteiger partial charge >= 0.3 is 0 Å². The highest BCUT2D eigenvalue weighted by atomic mass is 16.7. The summed E-state index contributed by atoms with van der Waals surface area (Å²) in [6.45, 7) is 3.32. The van der Waals surface area contributed by atoms with Crippen LogP contribution in [0.3, 0.4) is 0 Å². The molecule has 0 unspecified atom stereocenters. The molecule has 14 heavy (non-hydrogen) atoms. The molecule has 0 fully saturated rings. The molecule has 2 nitrogen and oxygen atoms in total. The normalized spacial score (nSPS) is 12.7. The van der Waals surface area contributed by atoms with Gasteiger partial charge in [0.25, 0.3) is 0 Å². The fourth-order valence-electron chi connectivity index (χ4n) is 1.41. The van der Waals surface area contributed by atoms with Gasteiger partial charge in [0.2, 0.25) is 0 Å². The average molecular weight is 194 g/mol. The van der Waals surface area contributed by atoms with Crippen LogP contribution in [-0.2, 0) is 15.9 Å².